The summed E-state index contributed by atoms with van der Waals surface area (Å²) in [6.45, 7) is 3.92. The molecular formula is C25H28N6O3. The van der Waals surface area contributed by atoms with E-state index in [4.69, 9.17) is 0 Å². The standard InChI is InChI=1S/C25H28N6O3/c1-15-9-10-19-18(11-15)22-23(29(19)3)24(33)31(13-17-7-5-4-6-8-17)25(34)30(22)14-21(32)26-20-12-16(2)27-28-20/h4-11,16,20,27-28H,12-14H2,1-3H3,(H,26,32). The van der Waals surface area contributed by atoms with Crippen LogP contribution in [0, 0.1) is 6.92 Å². The number of amides is 1. The molecule has 2 atom stereocenters. The Morgan fingerprint density at radius 3 is 2.53 bits per heavy atom. The van der Waals surface area contributed by atoms with Crippen LogP contribution < -0.4 is 27.4 Å². The summed E-state index contributed by atoms with van der Waals surface area (Å²) in [5.74, 6) is -0.300. The second-order valence-electron chi connectivity index (χ2n) is 9.07. The molecule has 2 unspecified atom stereocenters. The maximum atomic E-state index is 13.7. The lowest BCUT2D eigenvalue weighted by molar-refractivity contribution is -0.122. The molecule has 34 heavy (non-hydrogen) atoms. The summed E-state index contributed by atoms with van der Waals surface area (Å²) in [6, 6.07) is 15.5. The summed E-state index contributed by atoms with van der Waals surface area (Å²) in [5.41, 5.74) is 8.81. The predicted molar refractivity (Wildman–Crippen MR) is 132 cm³/mol. The molecule has 0 radical (unpaired) electrons. The Morgan fingerprint density at radius 1 is 1.06 bits per heavy atom. The Kier molecular flexibility index (Phi) is 5.59. The number of aromatic nitrogens is 3. The van der Waals surface area contributed by atoms with Gasteiger partial charge in [-0.05, 0) is 38.0 Å². The highest BCUT2D eigenvalue weighted by atomic mass is 16.2. The Bertz CT molecular complexity index is 1520. The number of hydrogen-bond donors (Lipinski definition) is 3. The molecule has 0 saturated carbocycles. The van der Waals surface area contributed by atoms with Crippen molar-refractivity contribution >= 4 is 27.8 Å². The van der Waals surface area contributed by atoms with E-state index in [0.29, 0.717) is 11.0 Å². The number of nitrogens with one attached hydrogen (secondary N) is 3. The van der Waals surface area contributed by atoms with Gasteiger partial charge in [-0.1, -0.05) is 42.0 Å². The lowest BCUT2D eigenvalue weighted by atomic mass is 10.1. The second-order valence-corrected chi connectivity index (χ2v) is 9.07. The molecule has 1 saturated heterocycles. The fraction of sp³-hybridized carbons (Fsp3) is 0.320. The van der Waals surface area contributed by atoms with Gasteiger partial charge in [-0.15, -0.1) is 0 Å². The summed E-state index contributed by atoms with van der Waals surface area (Å²) in [6.07, 6.45) is 0.510. The van der Waals surface area contributed by atoms with E-state index >= 15 is 0 Å². The van der Waals surface area contributed by atoms with Gasteiger partial charge in [0, 0.05) is 18.5 Å². The third-order valence-electron chi connectivity index (χ3n) is 6.42. The maximum absolute atomic E-state index is 13.7. The summed E-state index contributed by atoms with van der Waals surface area (Å²) in [4.78, 5) is 40.3. The van der Waals surface area contributed by atoms with E-state index in [1.807, 2.05) is 74.0 Å². The van der Waals surface area contributed by atoms with E-state index in [1.54, 1.807) is 0 Å². The number of hydrogen-bond acceptors (Lipinski definition) is 5. The van der Waals surface area contributed by atoms with E-state index in [-0.39, 0.29) is 36.8 Å². The third kappa shape index (κ3) is 3.82. The molecule has 0 bridgehead atoms. The van der Waals surface area contributed by atoms with Crippen molar-refractivity contribution in [3.8, 4) is 0 Å². The van der Waals surface area contributed by atoms with E-state index in [9.17, 15) is 14.4 Å². The zero-order valence-electron chi connectivity index (χ0n) is 19.5. The van der Waals surface area contributed by atoms with Crippen LogP contribution in [0.2, 0.25) is 0 Å². The highest BCUT2D eigenvalue weighted by molar-refractivity contribution is 6.06. The number of carbonyl (C=O) groups is 1. The van der Waals surface area contributed by atoms with Gasteiger partial charge < -0.3 is 9.88 Å². The normalized spacial score (nSPS) is 18.1. The van der Waals surface area contributed by atoms with Crippen molar-refractivity contribution in [3.63, 3.8) is 0 Å². The molecule has 4 aromatic rings. The van der Waals surface area contributed by atoms with Gasteiger partial charge in [0.2, 0.25) is 5.91 Å². The van der Waals surface area contributed by atoms with Gasteiger partial charge in [-0.3, -0.25) is 24.1 Å². The molecule has 3 N–H and O–H groups in total. The first-order chi connectivity index (χ1) is 16.3. The lowest BCUT2D eigenvalue weighted by Gasteiger charge is -2.15. The summed E-state index contributed by atoms with van der Waals surface area (Å²) >= 11 is 0. The fourth-order valence-corrected chi connectivity index (χ4v) is 4.76. The SMILES string of the molecule is Cc1ccc2c(c1)c1c(c(=O)n(Cc3ccccc3)c(=O)n1CC(=O)NC1CC(C)NN1)n2C. The van der Waals surface area contributed by atoms with Gasteiger partial charge in [0.1, 0.15) is 12.1 Å². The zero-order valence-corrected chi connectivity index (χ0v) is 19.5. The van der Waals surface area contributed by atoms with E-state index in [2.05, 4.69) is 16.2 Å². The summed E-state index contributed by atoms with van der Waals surface area (Å²) < 4.78 is 4.46. The van der Waals surface area contributed by atoms with Crippen molar-refractivity contribution in [2.45, 2.75) is 45.6 Å². The molecule has 0 aliphatic carbocycles. The van der Waals surface area contributed by atoms with Crippen LogP contribution in [0.4, 0.5) is 0 Å². The van der Waals surface area contributed by atoms with Gasteiger partial charge in [-0.25, -0.2) is 10.2 Å². The van der Waals surface area contributed by atoms with Crippen molar-refractivity contribution < 1.29 is 4.79 Å². The van der Waals surface area contributed by atoms with Gasteiger partial charge in [0.05, 0.1) is 23.7 Å². The Labute approximate surface area is 196 Å². The number of hydrazine groups is 1. The number of benzene rings is 2. The van der Waals surface area contributed by atoms with Crippen LogP contribution in [0.5, 0.6) is 0 Å². The molecule has 1 aliphatic rings. The average molecular weight is 461 g/mol. The van der Waals surface area contributed by atoms with Crippen LogP contribution in [-0.4, -0.2) is 31.8 Å². The molecule has 5 rings (SSSR count). The molecule has 9 heteroatoms. The monoisotopic (exact) mass is 460 g/mol. The van der Waals surface area contributed by atoms with Crippen molar-refractivity contribution in [2.75, 3.05) is 0 Å². The molecule has 3 heterocycles. The topological polar surface area (TPSA) is 102 Å². The molecular weight excluding hydrogens is 432 g/mol. The number of fused-ring (bicyclic) bond motifs is 3. The highest BCUT2D eigenvalue weighted by Gasteiger charge is 2.25. The smallest absolute Gasteiger partial charge is 0.332 e. The van der Waals surface area contributed by atoms with E-state index in [1.165, 1.54) is 9.13 Å². The third-order valence-corrected chi connectivity index (χ3v) is 6.42. The largest absolute Gasteiger partial charge is 0.338 e. The molecule has 1 amide bonds. The van der Waals surface area contributed by atoms with Crippen molar-refractivity contribution in [1.82, 2.24) is 29.9 Å². The second kappa shape index (κ2) is 8.58. The molecule has 2 aromatic heterocycles. The van der Waals surface area contributed by atoms with Crippen LogP contribution in [0.3, 0.4) is 0 Å². The Hall–Kier alpha value is -3.69. The van der Waals surface area contributed by atoms with Crippen molar-refractivity contribution in [1.29, 1.82) is 0 Å². The van der Waals surface area contributed by atoms with Crippen molar-refractivity contribution in [2.24, 2.45) is 7.05 Å². The summed E-state index contributed by atoms with van der Waals surface area (Å²) in [7, 11) is 1.82. The first-order valence-electron chi connectivity index (χ1n) is 11.4. The van der Waals surface area contributed by atoms with Crippen LogP contribution in [0.25, 0.3) is 21.9 Å². The Morgan fingerprint density at radius 2 is 1.82 bits per heavy atom. The van der Waals surface area contributed by atoms with Crippen LogP contribution in [0.15, 0.2) is 58.1 Å². The minimum atomic E-state index is -0.503. The van der Waals surface area contributed by atoms with E-state index < -0.39 is 5.69 Å². The predicted octanol–water partition coefficient (Wildman–Crippen LogP) is 1.34. The molecule has 1 aliphatic heterocycles. The minimum absolute atomic E-state index is 0.127. The van der Waals surface area contributed by atoms with Gasteiger partial charge >= 0.3 is 5.69 Å². The molecule has 176 valence electrons. The summed E-state index contributed by atoms with van der Waals surface area (Å²) in [5, 5.41) is 3.71. The van der Waals surface area contributed by atoms with Gasteiger partial charge in [-0.2, -0.15) is 0 Å². The number of rotatable bonds is 5. The average Bonchev–Trinajstić information content (AvgIpc) is 3.34. The van der Waals surface area contributed by atoms with Gasteiger partial charge in [0.15, 0.2) is 0 Å². The number of carbonyl (C=O) groups excluding carboxylic acids is 1. The number of nitrogens with zero attached hydrogens (tertiary/aromatic N) is 3. The quantitative estimate of drug-likeness (QED) is 0.417. The zero-order chi connectivity index (χ0) is 24.0. The lowest BCUT2D eigenvalue weighted by Crippen LogP contribution is -2.47. The first-order valence-corrected chi connectivity index (χ1v) is 11.4. The van der Waals surface area contributed by atoms with Crippen molar-refractivity contribution in [3.05, 3.63) is 80.5 Å². The first kappa shape index (κ1) is 22.1. The van der Waals surface area contributed by atoms with E-state index in [0.717, 1.165) is 28.5 Å². The molecule has 9 nitrogen and oxygen atoms in total. The van der Waals surface area contributed by atoms with Crippen LogP contribution >= 0.6 is 0 Å². The molecule has 2 aromatic carbocycles. The highest BCUT2D eigenvalue weighted by Crippen LogP contribution is 2.26. The minimum Gasteiger partial charge on any atom is -0.338 e. The number of aryl methyl sites for hydroxylation is 2. The Balaban J connectivity index is 1.69. The molecule has 0 spiro atoms. The fourth-order valence-electron chi connectivity index (χ4n) is 4.76. The van der Waals surface area contributed by atoms with Crippen LogP contribution in [0.1, 0.15) is 24.5 Å². The van der Waals surface area contributed by atoms with Crippen LogP contribution in [-0.2, 0) is 24.9 Å². The van der Waals surface area contributed by atoms with Gasteiger partial charge in [0.25, 0.3) is 5.56 Å². The maximum Gasteiger partial charge on any atom is 0.332 e. The molecule has 1 fully saturated rings.